The number of rotatable bonds is 8. The first-order valence-electron chi connectivity index (χ1n) is 10.3. The molecule has 1 aromatic rings. The molecule has 7 nitrogen and oxygen atoms in total. The van der Waals surface area contributed by atoms with Crippen LogP contribution in [0.4, 0.5) is 4.39 Å². The normalized spacial score (nSPS) is 23.1. The Morgan fingerprint density at radius 3 is 2.69 bits per heavy atom. The number of benzene rings is 1. The van der Waals surface area contributed by atoms with Gasteiger partial charge in [-0.25, -0.2) is 4.39 Å². The van der Waals surface area contributed by atoms with Gasteiger partial charge in [0, 0.05) is 25.0 Å². The number of carbonyl (C=O) groups excluding carboxylic acids is 2. The van der Waals surface area contributed by atoms with Crippen LogP contribution in [0.2, 0.25) is 0 Å². The molecular weight excluding hydrogens is 413 g/mol. The largest absolute Gasteiger partial charge is 0.510 e. The van der Waals surface area contributed by atoms with Crippen molar-refractivity contribution in [2.24, 2.45) is 10.9 Å². The molecule has 0 fully saturated rings. The van der Waals surface area contributed by atoms with Crippen LogP contribution in [0.5, 0.6) is 0 Å². The molecule has 0 saturated carbocycles. The lowest BCUT2D eigenvalue weighted by Gasteiger charge is -2.26. The Morgan fingerprint density at radius 2 is 2.06 bits per heavy atom. The fourth-order valence-corrected chi connectivity index (χ4v) is 3.32. The lowest BCUT2D eigenvalue weighted by Crippen LogP contribution is -2.46. The summed E-state index contributed by atoms with van der Waals surface area (Å²) in [5, 5.41) is 25.3. The van der Waals surface area contributed by atoms with Gasteiger partial charge in [0.25, 0.3) is 0 Å². The third kappa shape index (κ3) is 7.46. The van der Waals surface area contributed by atoms with Gasteiger partial charge in [-0.05, 0) is 44.7 Å². The zero-order valence-electron chi connectivity index (χ0n) is 18.3. The Kier molecular flexibility index (Phi) is 8.90. The molecule has 0 aliphatic carbocycles. The summed E-state index contributed by atoms with van der Waals surface area (Å²) in [7, 11) is 0. The zero-order chi connectivity index (χ0) is 23.7. The molecule has 8 heteroatoms. The Hall–Kier alpha value is -3.26. The molecule has 0 bridgehead atoms. The van der Waals surface area contributed by atoms with Gasteiger partial charge in [0.05, 0.1) is 12.1 Å². The van der Waals surface area contributed by atoms with Gasteiger partial charge in [0.1, 0.15) is 17.6 Å². The van der Waals surface area contributed by atoms with E-state index in [0.29, 0.717) is 12.0 Å². The minimum Gasteiger partial charge on any atom is -0.510 e. The molecule has 2 atom stereocenters. The van der Waals surface area contributed by atoms with Gasteiger partial charge in [0.15, 0.2) is 0 Å². The first kappa shape index (κ1) is 25.0. The van der Waals surface area contributed by atoms with Crippen LogP contribution in [-0.2, 0) is 16.0 Å². The summed E-state index contributed by atoms with van der Waals surface area (Å²) in [4.78, 5) is 28.6. The van der Waals surface area contributed by atoms with Crippen molar-refractivity contribution in [3.8, 4) is 0 Å². The van der Waals surface area contributed by atoms with E-state index in [4.69, 9.17) is 0 Å². The SMILES string of the molecule is C=NC1/C(O)=C/C(=O)NC/C=C(\CC(=O)NC(C)(C)CO)C1/C=C/Cc1ccc(F)cc1. The lowest BCUT2D eigenvalue weighted by atomic mass is 9.86. The molecular formula is C24H30FN3O4. The molecule has 1 aliphatic rings. The van der Waals surface area contributed by atoms with Crippen molar-refractivity contribution in [1.29, 1.82) is 0 Å². The van der Waals surface area contributed by atoms with Crippen LogP contribution >= 0.6 is 0 Å². The molecule has 0 spiro atoms. The zero-order valence-corrected chi connectivity index (χ0v) is 18.3. The van der Waals surface area contributed by atoms with Crippen molar-refractivity contribution in [2.75, 3.05) is 13.2 Å². The molecule has 172 valence electrons. The highest BCUT2D eigenvalue weighted by Gasteiger charge is 2.29. The van der Waals surface area contributed by atoms with Crippen LogP contribution in [-0.4, -0.2) is 53.5 Å². The number of carbonyl (C=O) groups is 2. The van der Waals surface area contributed by atoms with Crippen LogP contribution in [0.25, 0.3) is 0 Å². The standard InChI is InChI=1S/C24H30FN3O4/c1-24(2,15-29)28-22(32)13-17-11-12-27-21(31)14-20(30)23(26-3)19(17)6-4-5-16-7-9-18(25)10-8-16/h4,6-11,14,19,23,29-30H,3,5,12-13,15H2,1-2H3,(H,27,31)(H,28,32)/b6-4+,17-11+,20-14-. The van der Waals surface area contributed by atoms with Gasteiger partial charge in [-0.2, -0.15) is 0 Å². The van der Waals surface area contributed by atoms with Gasteiger partial charge in [-0.15, -0.1) is 0 Å². The average Bonchev–Trinajstić information content (AvgIpc) is 2.77. The highest BCUT2D eigenvalue weighted by atomic mass is 19.1. The van der Waals surface area contributed by atoms with Crippen molar-refractivity contribution >= 4 is 18.5 Å². The quantitative estimate of drug-likeness (QED) is 0.365. The number of aliphatic hydroxyl groups excluding tert-OH is 2. The van der Waals surface area contributed by atoms with Gasteiger partial charge in [-0.3, -0.25) is 14.6 Å². The maximum Gasteiger partial charge on any atom is 0.247 e. The predicted molar refractivity (Wildman–Crippen MR) is 122 cm³/mol. The van der Waals surface area contributed by atoms with Gasteiger partial charge in [0.2, 0.25) is 11.8 Å². The number of nitrogens with zero attached hydrogens (tertiary/aromatic N) is 1. The van der Waals surface area contributed by atoms with Crippen molar-refractivity contribution in [3.05, 3.63) is 71.3 Å². The monoisotopic (exact) mass is 443 g/mol. The molecule has 32 heavy (non-hydrogen) atoms. The molecule has 2 unspecified atom stereocenters. The van der Waals surface area contributed by atoms with Gasteiger partial charge in [-0.1, -0.05) is 35.9 Å². The van der Waals surface area contributed by atoms with E-state index in [1.807, 2.05) is 6.08 Å². The second-order valence-electron chi connectivity index (χ2n) is 8.27. The number of hydrogen-bond acceptors (Lipinski definition) is 5. The van der Waals surface area contributed by atoms with E-state index < -0.39 is 23.4 Å². The number of halogens is 1. The smallest absolute Gasteiger partial charge is 0.247 e. The first-order chi connectivity index (χ1) is 15.1. The van der Waals surface area contributed by atoms with Crippen LogP contribution in [0.15, 0.2) is 64.9 Å². The molecule has 0 saturated heterocycles. The summed E-state index contributed by atoms with van der Waals surface area (Å²) in [6.07, 6.45) is 6.91. The second-order valence-corrected chi connectivity index (χ2v) is 8.27. The van der Waals surface area contributed by atoms with E-state index in [2.05, 4.69) is 22.3 Å². The molecule has 1 aromatic carbocycles. The molecule has 4 N–H and O–H groups in total. The molecule has 0 radical (unpaired) electrons. The van der Waals surface area contributed by atoms with Gasteiger partial charge >= 0.3 is 0 Å². The highest BCUT2D eigenvalue weighted by Crippen LogP contribution is 2.28. The number of hydrogen-bond donors (Lipinski definition) is 4. The second kappa shape index (κ2) is 11.4. The predicted octanol–water partition coefficient (Wildman–Crippen LogP) is 2.39. The van der Waals surface area contributed by atoms with E-state index >= 15 is 0 Å². The van der Waals surface area contributed by atoms with E-state index in [9.17, 15) is 24.2 Å². The fraction of sp³-hybridized carbons (Fsp3) is 0.375. The maximum absolute atomic E-state index is 13.1. The Bertz CT molecular complexity index is 920. The maximum atomic E-state index is 13.1. The third-order valence-corrected chi connectivity index (χ3v) is 5.04. The summed E-state index contributed by atoms with van der Waals surface area (Å²) in [5.74, 6) is -1.92. The number of aliphatic hydroxyl groups is 2. The summed E-state index contributed by atoms with van der Waals surface area (Å²) in [6, 6.07) is 5.23. The van der Waals surface area contributed by atoms with Crippen molar-refractivity contribution < 1.29 is 24.2 Å². The van der Waals surface area contributed by atoms with Crippen molar-refractivity contribution in [1.82, 2.24) is 10.6 Å². The van der Waals surface area contributed by atoms with Crippen molar-refractivity contribution in [2.45, 2.75) is 38.3 Å². The minimum atomic E-state index is -0.867. The Balaban J connectivity index is 2.34. The molecule has 2 rings (SSSR count). The number of nitrogens with one attached hydrogen (secondary N) is 2. The topological polar surface area (TPSA) is 111 Å². The molecule has 2 amide bonds. The Morgan fingerprint density at radius 1 is 1.38 bits per heavy atom. The molecule has 1 aliphatic heterocycles. The summed E-state index contributed by atoms with van der Waals surface area (Å²) in [6.45, 7) is 6.90. The van der Waals surface area contributed by atoms with E-state index in [1.54, 1.807) is 38.1 Å². The lowest BCUT2D eigenvalue weighted by molar-refractivity contribution is -0.122. The van der Waals surface area contributed by atoms with Crippen LogP contribution in [0, 0.1) is 11.7 Å². The molecule has 0 aromatic heterocycles. The van der Waals surface area contributed by atoms with E-state index in [0.717, 1.165) is 11.6 Å². The van der Waals surface area contributed by atoms with Crippen molar-refractivity contribution in [3.63, 3.8) is 0 Å². The van der Waals surface area contributed by atoms with Gasteiger partial charge < -0.3 is 20.8 Å². The van der Waals surface area contributed by atoms with Crippen LogP contribution in [0.1, 0.15) is 25.8 Å². The average molecular weight is 444 g/mol. The summed E-state index contributed by atoms with van der Waals surface area (Å²) >= 11 is 0. The van der Waals surface area contributed by atoms with E-state index in [1.165, 1.54) is 12.1 Å². The highest BCUT2D eigenvalue weighted by molar-refractivity contribution is 5.88. The number of aliphatic imine (C=N–C) groups is 1. The fourth-order valence-electron chi connectivity index (χ4n) is 3.32. The Labute approximate surface area is 187 Å². The minimum absolute atomic E-state index is 0.0237. The van der Waals surface area contributed by atoms with Crippen LogP contribution < -0.4 is 10.6 Å². The molecule has 1 heterocycles. The number of allylic oxidation sites excluding steroid dienone is 1. The third-order valence-electron chi connectivity index (χ3n) is 5.04. The summed E-state index contributed by atoms with van der Waals surface area (Å²) < 4.78 is 13.1. The first-order valence-corrected chi connectivity index (χ1v) is 10.3. The number of amides is 2. The van der Waals surface area contributed by atoms with Crippen LogP contribution in [0.3, 0.4) is 0 Å². The summed E-state index contributed by atoms with van der Waals surface area (Å²) in [5.41, 5.74) is 0.723. The van der Waals surface area contributed by atoms with E-state index in [-0.39, 0.29) is 37.1 Å².